The van der Waals surface area contributed by atoms with Crippen LogP contribution in [0.3, 0.4) is 0 Å². The zero-order valence-electron chi connectivity index (χ0n) is 12.8. The first-order valence-corrected chi connectivity index (χ1v) is 10.7. The van der Waals surface area contributed by atoms with Crippen molar-refractivity contribution in [3.8, 4) is 0 Å². The van der Waals surface area contributed by atoms with Gasteiger partial charge < -0.3 is 0 Å². The topological polar surface area (TPSA) is 59.1 Å². The van der Waals surface area contributed by atoms with E-state index in [2.05, 4.69) is 21.8 Å². The lowest BCUT2D eigenvalue weighted by atomic mass is 10.1. The predicted molar refractivity (Wildman–Crippen MR) is 99.5 cm³/mol. The number of nitrogens with one attached hydrogen (secondary N) is 1. The van der Waals surface area contributed by atoms with E-state index in [0.29, 0.717) is 4.34 Å². The molecular formula is C16H15ClN2O2S3. The van der Waals surface area contributed by atoms with Crippen LogP contribution in [0.15, 0.2) is 46.7 Å². The van der Waals surface area contributed by atoms with Crippen molar-refractivity contribution in [2.24, 2.45) is 0 Å². The Labute approximate surface area is 154 Å². The maximum absolute atomic E-state index is 12.2. The van der Waals surface area contributed by atoms with Gasteiger partial charge in [0.1, 0.15) is 9.22 Å². The van der Waals surface area contributed by atoms with Gasteiger partial charge in [0, 0.05) is 11.3 Å². The fourth-order valence-electron chi connectivity index (χ4n) is 2.18. The Bertz CT molecular complexity index is 933. The predicted octanol–water partition coefficient (Wildman–Crippen LogP) is 4.24. The average molecular weight is 399 g/mol. The van der Waals surface area contributed by atoms with Crippen molar-refractivity contribution in [2.75, 3.05) is 0 Å². The lowest BCUT2D eigenvalue weighted by Crippen LogP contribution is -2.22. The quantitative estimate of drug-likeness (QED) is 0.675. The summed E-state index contributed by atoms with van der Waals surface area (Å²) in [5.41, 5.74) is 2.15. The first-order chi connectivity index (χ1) is 11.4. The van der Waals surface area contributed by atoms with Crippen molar-refractivity contribution in [1.29, 1.82) is 0 Å². The van der Waals surface area contributed by atoms with Crippen molar-refractivity contribution in [3.63, 3.8) is 0 Å². The highest BCUT2D eigenvalue weighted by molar-refractivity contribution is 7.91. The molecule has 0 saturated carbocycles. The molecule has 0 atom stereocenters. The van der Waals surface area contributed by atoms with Gasteiger partial charge in [-0.2, -0.15) is 0 Å². The number of nitrogens with zero attached hydrogens (tertiary/aromatic N) is 1. The molecule has 0 aliphatic heterocycles. The lowest BCUT2D eigenvalue weighted by molar-refractivity contribution is 0.583. The third-order valence-electron chi connectivity index (χ3n) is 3.37. The van der Waals surface area contributed by atoms with Crippen molar-refractivity contribution in [3.05, 3.63) is 67.9 Å². The molecule has 1 aromatic carbocycles. The maximum atomic E-state index is 12.2. The number of aryl methyl sites for hydroxylation is 1. The normalized spacial score (nSPS) is 11.8. The highest BCUT2D eigenvalue weighted by Crippen LogP contribution is 2.26. The minimum Gasteiger partial charge on any atom is -0.245 e. The van der Waals surface area contributed by atoms with E-state index in [1.807, 2.05) is 25.1 Å². The van der Waals surface area contributed by atoms with E-state index in [0.717, 1.165) is 33.3 Å². The third-order valence-corrected chi connectivity index (χ3v) is 7.65. The standard InChI is InChI=1S/C16H15ClN2O2S3/c1-11-13(9-12-5-3-2-4-6-12)22-15(19-11)10-18-24(20,21)16-8-7-14(17)23-16/h2-8,18H,9-10H2,1H3. The van der Waals surface area contributed by atoms with Gasteiger partial charge in [0.05, 0.1) is 16.6 Å². The first-order valence-electron chi connectivity index (χ1n) is 7.18. The Morgan fingerprint density at radius 3 is 2.54 bits per heavy atom. The SMILES string of the molecule is Cc1nc(CNS(=O)(=O)c2ccc(Cl)s2)sc1Cc1ccccc1. The Hall–Kier alpha value is -1.25. The van der Waals surface area contributed by atoms with Crippen LogP contribution in [-0.4, -0.2) is 13.4 Å². The van der Waals surface area contributed by atoms with Crippen molar-refractivity contribution in [1.82, 2.24) is 9.71 Å². The fraction of sp³-hybridized carbons (Fsp3) is 0.188. The van der Waals surface area contributed by atoms with Gasteiger partial charge in [-0.15, -0.1) is 22.7 Å². The fourth-order valence-corrected chi connectivity index (χ4v) is 5.83. The van der Waals surface area contributed by atoms with E-state index < -0.39 is 10.0 Å². The minimum atomic E-state index is -3.55. The summed E-state index contributed by atoms with van der Waals surface area (Å²) in [6.07, 6.45) is 0.803. The molecule has 3 rings (SSSR count). The van der Waals surface area contributed by atoms with Crippen molar-refractivity contribution >= 4 is 44.3 Å². The van der Waals surface area contributed by atoms with E-state index >= 15 is 0 Å². The zero-order valence-corrected chi connectivity index (χ0v) is 16.0. The summed E-state index contributed by atoms with van der Waals surface area (Å²) in [7, 11) is -3.55. The van der Waals surface area contributed by atoms with Gasteiger partial charge in [0.2, 0.25) is 10.0 Å². The Balaban J connectivity index is 1.69. The number of thiophene rings is 1. The third kappa shape index (κ3) is 4.23. The molecule has 0 aliphatic carbocycles. The van der Waals surface area contributed by atoms with Gasteiger partial charge in [0.25, 0.3) is 0 Å². The Morgan fingerprint density at radius 2 is 1.88 bits per heavy atom. The number of sulfonamides is 1. The van der Waals surface area contributed by atoms with Gasteiger partial charge in [-0.1, -0.05) is 41.9 Å². The van der Waals surface area contributed by atoms with Gasteiger partial charge in [-0.3, -0.25) is 0 Å². The Kier molecular flexibility index (Phi) is 5.36. The molecule has 0 bridgehead atoms. The van der Waals surface area contributed by atoms with Crippen LogP contribution in [0.5, 0.6) is 0 Å². The van der Waals surface area contributed by atoms with Crippen LogP contribution in [-0.2, 0) is 23.0 Å². The summed E-state index contributed by atoms with van der Waals surface area (Å²) in [4.78, 5) is 5.63. The number of thiazole rings is 1. The summed E-state index contributed by atoms with van der Waals surface area (Å²) in [6, 6.07) is 13.2. The van der Waals surface area contributed by atoms with E-state index in [1.165, 1.54) is 23.0 Å². The van der Waals surface area contributed by atoms with Crippen LogP contribution in [0, 0.1) is 6.92 Å². The second-order valence-electron chi connectivity index (χ2n) is 5.16. The molecule has 8 heteroatoms. The molecule has 2 aromatic heterocycles. The molecule has 1 N–H and O–H groups in total. The molecule has 4 nitrogen and oxygen atoms in total. The van der Waals surface area contributed by atoms with Crippen LogP contribution in [0.4, 0.5) is 0 Å². The van der Waals surface area contributed by atoms with E-state index in [-0.39, 0.29) is 10.8 Å². The molecule has 24 heavy (non-hydrogen) atoms. The van der Waals surface area contributed by atoms with Gasteiger partial charge in [0.15, 0.2) is 0 Å². The summed E-state index contributed by atoms with van der Waals surface area (Å²) < 4.78 is 27.7. The average Bonchev–Trinajstić information content (AvgIpc) is 3.14. The number of benzene rings is 1. The second-order valence-corrected chi connectivity index (χ2v) is 10.0. The van der Waals surface area contributed by atoms with Crippen molar-refractivity contribution < 1.29 is 8.42 Å². The number of rotatable bonds is 6. The molecule has 0 spiro atoms. The first kappa shape index (κ1) is 17.6. The highest BCUT2D eigenvalue weighted by atomic mass is 35.5. The Morgan fingerprint density at radius 1 is 1.12 bits per heavy atom. The number of hydrogen-bond donors (Lipinski definition) is 1. The summed E-state index contributed by atoms with van der Waals surface area (Å²) in [6.45, 7) is 2.13. The largest absolute Gasteiger partial charge is 0.250 e. The van der Waals surface area contributed by atoms with Gasteiger partial charge in [-0.25, -0.2) is 18.1 Å². The van der Waals surface area contributed by atoms with Crippen LogP contribution < -0.4 is 4.72 Å². The lowest BCUT2D eigenvalue weighted by Gasteiger charge is -2.01. The molecule has 0 radical (unpaired) electrons. The van der Waals surface area contributed by atoms with Crippen LogP contribution in [0.2, 0.25) is 4.34 Å². The molecule has 0 aliphatic rings. The van der Waals surface area contributed by atoms with Gasteiger partial charge >= 0.3 is 0 Å². The van der Waals surface area contributed by atoms with E-state index in [4.69, 9.17) is 11.6 Å². The van der Waals surface area contributed by atoms with Crippen LogP contribution >= 0.6 is 34.3 Å². The molecule has 0 amide bonds. The van der Waals surface area contributed by atoms with E-state index in [9.17, 15) is 8.42 Å². The monoisotopic (exact) mass is 398 g/mol. The zero-order chi connectivity index (χ0) is 17.2. The summed E-state index contributed by atoms with van der Waals surface area (Å²) >= 11 is 8.37. The molecule has 126 valence electrons. The smallest absolute Gasteiger partial charge is 0.245 e. The molecule has 3 aromatic rings. The summed E-state index contributed by atoms with van der Waals surface area (Å²) in [5, 5.41) is 0.754. The molecule has 0 unspecified atom stereocenters. The highest BCUT2D eigenvalue weighted by Gasteiger charge is 2.17. The molecule has 0 saturated heterocycles. The van der Waals surface area contributed by atoms with E-state index in [1.54, 1.807) is 6.07 Å². The molecule has 0 fully saturated rings. The van der Waals surface area contributed by atoms with Crippen molar-refractivity contribution in [2.45, 2.75) is 24.1 Å². The summed E-state index contributed by atoms with van der Waals surface area (Å²) in [5.74, 6) is 0. The molecule has 2 heterocycles. The molecular weight excluding hydrogens is 384 g/mol. The number of hydrogen-bond acceptors (Lipinski definition) is 5. The minimum absolute atomic E-state index is 0.179. The number of aromatic nitrogens is 1. The van der Waals surface area contributed by atoms with Crippen LogP contribution in [0.25, 0.3) is 0 Å². The number of halogens is 1. The second kappa shape index (κ2) is 7.33. The maximum Gasteiger partial charge on any atom is 0.250 e. The van der Waals surface area contributed by atoms with Gasteiger partial charge in [-0.05, 0) is 24.6 Å². The van der Waals surface area contributed by atoms with Crippen LogP contribution in [0.1, 0.15) is 21.1 Å².